The summed E-state index contributed by atoms with van der Waals surface area (Å²) in [6.45, 7) is 2.41. The molecule has 1 amide bonds. The van der Waals surface area contributed by atoms with Gasteiger partial charge in [0.2, 0.25) is 0 Å². The van der Waals surface area contributed by atoms with Crippen LogP contribution in [0.1, 0.15) is 23.7 Å². The van der Waals surface area contributed by atoms with Gasteiger partial charge in [-0.25, -0.2) is 8.78 Å². The van der Waals surface area contributed by atoms with Crippen LogP contribution in [0.2, 0.25) is 0 Å². The Balaban J connectivity index is 3.04. The van der Waals surface area contributed by atoms with Gasteiger partial charge < -0.3 is 10.6 Å². The van der Waals surface area contributed by atoms with Crippen LogP contribution in [0.3, 0.4) is 0 Å². The summed E-state index contributed by atoms with van der Waals surface area (Å²) in [5.74, 6) is -2.24. The normalized spacial score (nSPS) is 10.2. The lowest BCUT2D eigenvalue weighted by Crippen LogP contribution is -2.28. The van der Waals surface area contributed by atoms with E-state index in [0.29, 0.717) is 12.6 Å². The first-order chi connectivity index (χ1) is 7.47. The zero-order valence-corrected chi connectivity index (χ0v) is 9.26. The standard InChI is InChI=1S/C11H14F2N2O/c1-3-4-15(2)11(16)7-5-10(14)9(13)6-8(7)12/h5-6H,3-4,14H2,1-2H3. The van der Waals surface area contributed by atoms with Crippen LogP contribution in [0.15, 0.2) is 12.1 Å². The highest BCUT2D eigenvalue weighted by atomic mass is 19.1. The van der Waals surface area contributed by atoms with Gasteiger partial charge in [0.25, 0.3) is 5.91 Å². The summed E-state index contributed by atoms with van der Waals surface area (Å²) < 4.78 is 26.2. The third-order valence-corrected chi connectivity index (χ3v) is 2.22. The Morgan fingerprint density at radius 2 is 2.00 bits per heavy atom. The van der Waals surface area contributed by atoms with Gasteiger partial charge in [-0.1, -0.05) is 6.92 Å². The number of carbonyl (C=O) groups is 1. The number of nitrogen functional groups attached to an aromatic ring is 1. The minimum Gasteiger partial charge on any atom is -0.396 e. The van der Waals surface area contributed by atoms with Gasteiger partial charge >= 0.3 is 0 Å². The van der Waals surface area contributed by atoms with E-state index in [1.807, 2.05) is 6.92 Å². The Morgan fingerprint density at radius 1 is 1.38 bits per heavy atom. The number of anilines is 1. The predicted molar refractivity (Wildman–Crippen MR) is 58.0 cm³/mol. The van der Waals surface area contributed by atoms with Gasteiger partial charge in [-0.3, -0.25) is 4.79 Å². The van der Waals surface area contributed by atoms with Gasteiger partial charge in [-0.2, -0.15) is 0 Å². The number of hydrogen-bond acceptors (Lipinski definition) is 2. The number of amides is 1. The Hall–Kier alpha value is -1.65. The first kappa shape index (κ1) is 12.4. The van der Waals surface area contributed by atoms with Crippen molar-refractivity contribution in [1.29, 1.82) is 0 Å². The molecule has 0 saturated heterocycles. The molecule has 0 fully saturated rings. The second kappa shape index (κ2) is 4.92. The Labute approximate surface area is 92.8 Å². The molecule has 0 spiro atoms. The molecule has 0 saturated carbocycles. The second-order valence-electron chi connectivity index (χ2n) is 3.58. The van der Waals surface area contributed by atoms with Gasteiger partial charge in [0.1, 0.15) is 11.6 Å². The van der Waals surface area contributed by atoms with Gasteiger partial charge in [0.05, 0.1) is 11.3 Å². The molecule has 0 radical (unpaired) electrons. The van der Waals surface area contributed by atoms with E-state index in [4.69, 9.17) is 5.73 Å². The van der Waals surface area contributed by atoms with E-state index in [2.05, 4.69) is 0 Å². The summed E-state index contributed by atoms with van der Waals surface area (Å²) in [5, 5.41) is 0. The van der Waals surface area contributed by atoms with Crippen LogP contribution in [0.5, 0.6) is 0 Å². The van der Waals surface area contributed by atoms with Crippen molar-refractivity contribution >= 4 is 11.6 Å². The molecule has 0 atom stereocenters. The van der Waals surface area contributed by atoms with Crippen molar-refractivity contribution in [3.05, 3.63) is 29.3 Å². The Bertz CT molecular complexity index is 407. The van der Waals surface area contributed by atoms with Gasteiger partial charge in [-0.05, 0) is 12.5 Å². The molecule has 2 N–H and O–H groups in total. The maximum atomic E-state index is 13.3. The number of carbonyl (C=O) groups excluding carboxylic acids is 1. The zero-order valence-electron chi connectivity index (χ0n) is 9.26. The van der Waals surface area contributed by atoms with Crippen molar-refractivity contribution in [2.24, 2.45) is 0 Å². The SMILES string of the molecule is CCCN(C)C(=O)c1cc(N)c(F)cc1F. The van der Waals surface area contributed by atoms with E-state index in [1.165, 1.54) is 4.90 Å². The minimum atomic E-state index is -0.889. The molecule has 0 aromatic heterocycles. The number of hydrogen-bond donors (Lipinski definition) is 1. The number of rotatable bonds is 3. The molecule has 16 heavy (non-hydrogen) atoms. The molecule has 0 aliphatic heterocycles. The van der Waals surface area contributed by atoms with Gasteiger partial charge in [0, 0.05) is 19.7 Å². The zero-order chi connectivity index (χ0) is 12.3. The number of nitrogens with zero attached hydrogens (tertiary/aromatic N) is 1. The molecule has 1 aromatic carbocycles. The molecule has 88 valence electrons. The molecule has 1 rings (SSSR count). The van der Waals surface area contributed by atoms with E-state index in [1.54, 1.807) is 7.05 Å². The molecule has 5 heteroatoms. The quantitative estimate of drug-likeness (QED) is 0.804. The maximum Gasteiger partial charge on any atom is 0.256 e. The van der Waals surface area contributed by atoms with Crippen LogP contribution in [-0.2, 0) is 0 Å². The average Bonchev–Trinajstić information content (AvgIpc) is 2.23. The largest absolute Gasteiger partial charge is 0.396 e. The number of halogens is 2. The fourth-order valence-corrected chi connectivity index (χ4v) is 1.37. The van der Waals surface area contributed by atoms with E-state index in [-0.39, 0.29) is 11.3 Å². The summed E-state index contributed by atoms with van der Waals surface area (Å²) in [6.07, 6.45) is 0.764. The molecular formula is C11H14F2N2O. The highest BCUT2D eigenvalue weighted by Gasteiger charge is 2.17. The topological polar surface area (TPSA) is 46.3 Å². The highest BCUT2D eigenvalue weighted by molar-refractivity contribution is 5.95. The van der Waals surface area contributed by atoms with E-state index < -0.39 is 17.5 Å². The fraction of sp³-hybridized carbons (Fsp3) is 0.364. The van der Waals surface area contributed by atoms with Gasteiger partial charge in [0.15, 0.2) is 0 Å². The van der Waals surface area contributed by atoms with Gasteiger partial charge in [-0.15, -0.1) is 0 Å². The Kier molecular flexibility index (Phi) is 3.82. The Morgan fingerprint density at radius 3 is 2.56 bits per heavy atom. The smallest absolute Gasteiger partial charge is 0.256 e. The lowest BCUT2D eigenvalue weighted by Gasteiger charge is -2.16. The average molecular weight is 228 g/mol. The first-order valence-corrected chi connectivity index (χ1v) is 4.97. The second-order valence-corrected chi connectivity index (χ2v) is 3.58. The molecule has 0 unspecified atom stereocenters. The lowest BCUT2D eigenvalue weighted by atomic mass is 10.1. The third-order valence-electron chi connectivity index (χ3n) is 2.22. The summed E-state index contributed by atoms with van der Waals surface area (Å²) in [6, 6.07) is 1.65. The molecule has 0 aliphatic carbocycles. The molecule has 0 heterocycles. The minimum absolute atomic E-state index is 0.199. The molecule has 0 bridgehead atoms. The van der Waals surface area contributed by atoms with Crippen molar-refractivity contribution in [3.8, 4) is 0 Å². The fourth-order valence-electron chi connectivity index (χ4n) is 1.37. The number of benzene rings is 1. The summed E-state index contributed by atoms with van der Waals surface area (Å²) >= 11 is 0. The highest BCUT2D eigenvalue weighted by Crippen LogP contribution is 2.17. The van der Waals surface area contributed by atoms with E-state index in [9.17, 15) is 13.6 Å². The van der Waals surface area contributed by atoms with Crippen LogP contribution < -0.4 is 5.73 Å². The van der Waals surface area contributed by atoms with Crippen LogP contribution in [0.4, 0.5) is 14.5 Å². The van der Waals surface area contributed by atoms with Crippen molar-refractivity contribution < 1.29 is 13.6 Å². The lowest BCUT2D eigenvalue weighted by molar-refractivity contribution is 0.0790. The van der Waals surface area contributed by atoms with Crippen LogP contribution >= 0.6 is 0 Å². The summed E-state index contributed by atoms with van der Waals surface area (Å²) in [7, 11) is 1.56. The van der Waals surface area contributed by atoms with Crippen molar-refractivity contribution in [2.75, 3.05) is 19.3 Å². The molecule has 1 aromatic rings. The molecule has 0 aliphatic rings. The van der Waals surface area contributed by atoms with E-state index >= 15 is 0 Å². The monoisotopic (exact) mass is 228 g/mol. The van der Waals surface area contributed by atoms with E-state index in [0.717, 1.165) is 12.5 Å². The van der Waals surface area contributed by atoms with Crippen molar-refractivity contribution in [1.82, 2.24) is 4.90 Å². The van der Waals surface area contributed by atoms with Crippen molar-refractivity contribution in [3.63, 3.8) is 0 Å². The summed E-state index contributed by atoms with van der Waals surface area (Å²) in [5.41, 5.74) is 4.86. The predicted octanol–water partition coefficient (Wildman–Crippen LogP) is 2.03. The summed E-state index contributed by atoms with van der Waals surface area (Å²) in [4.78, 5) is 13.1. The van der Waals surface area contributed by atoms with Crippen molar-refractivity contribution in [2.45, 2.75) is 13.3 Å². The maximum absolute atomic E-state index is 13.3. The van der Waals surface area contributed by atoms with Crippen LogP contribution in [0, 0.1) is 11.6 Å². The number of nitrogens with two attached hydrogens (primary N) is 1. The molecule has 3 nitrogen and oxygen atoms in total. The van der Waals surface area contributed by atoms with Crippen LogP contribution in [-0.4, -0.2) is 24.4 Å². The first-order valence-electron chi connectivity index (χ1n) is 4.97. The van der Waals surface area contributed by atoms with Crippen LogP contribution in [0.25, 0.3) is 0 Å². The molecular weight excluding hydrogens is 214 g/mol. The third kappa shape index (κ3) is 2.48.